The lowest BCUT2D eigenvalue weighted by Gasteiger charge is -2.21. The lowest BCUT2D eigenvalue weighted by Crippen LogP contribution is -2.05. The van der Waals surface area contributed by atoms with Crippen LogP contribution in [0, 0.1) is 6.92 Å². The SMILES string of the molecule is C=C(C)C1=CNc2cc(C)ccc2C1=C. The maximum atomic E-state index is 4.12. The Bertz CT molecular complexity index is 478. The summed E-state index contributed by atoms with van der Waals surface area (Å²) < 4.78 is 0. The molecule has 76 valence electrons. The molecule has 1 heterocycles. The molecule has 1 heteroatoms. The van der Waals surface area contributed by atoms with Crippen molar-refractivity contribution in [3.8, 4) is 0 Å². The van der Waals surface area contributed by atoms with Gasteiger partial charge in [0.05, 0.1) is 0 Å². The Kier molecular flexibility index (Phi) is 2.24. The monoisotopic (exact) mass is 197 g/mol. The van der Waals surface area contributed by atoms with Crippen LogP contribution in [0.4, 0.5) is 5.69 Å². The number of fused-ring (bicyclic) bond motifs is 1. The molecule has 1 aliphatic rings. The van der Waals surface area contributed by atoms with Gasteiger partial charge in [-0.05, 0) is 36.6 Å². The van der Waals surface area contributed by atoms with Crippen molar-refractivity contribution in [2.24, 2.45) is 0 Å². The Morgan fingerprint density at radius 2 is 2.07 bits per heavy atom. The molecule has 0 radical (unpaired) electrons. The zero-order valence-electron chi connectivity index (χ0n) is 9.22. The number of anilines is 1. The van der Waals surface area contributed by atoms with Crippen LogP contribution in [0.25, 0.3) is 5.57 Å². The standard InChI is InChI=1S/C14H15N/c1-9(2)13-8-15-14-7-10(3)5-6-12(14)11(13)4/h5-8,15H,1,4H2,2-3H3. The number of aryl methyl sites for hydroxylation is 1. The fourth-order valence-electron chi connectivity index (χ4n) is 1.80. The average Bonchev–Trinajstić information content (AvgIpc) is 2.17. The van der Waals surface area contributed by atoms with E-state index in [1.54, 1.807) is 0 Å². The van der Waals surface area contributed by atoms with E-state index in [4.69, 9.17) is 0 Å². The van der Waals surface area contributed by atoms with Crippen molar-refractivity contribution >= 4 is 11.3 Å². The van der Waals surface area contributed by atoms with Crippen LogP contribution in [0.5, 0.6) is 0 Å². The second kappa shape index (κ2) is 3.43. The highest BCUT2D eigenvalue weighted by Crippen LogP contribution is 2.35. The van der Waals surface area contributed by atoms with E-state index in [0.29, 0.717) is 0 Å². The number of hydrogen-bond acceptors (Lipinski definition) is 1. The molecule has 15 heavy (non-hydrogen) atoms. The summed E-state index contributed by atoms with van der Waals surface area (Å²) in [7, 11) is 0. The smallest absolute Gasteiger partial charge is 0.0462 e. The van der Waals surface area contributed by atoms with Crippen molar-refractivity contribution in [1.29, 1.82) is 0 Å². The van der Waals surface area contributed by atoms with E-state index < -0.39 is 0 Å². The van der Waals surface area contributed by atoms with Crippen molar-refractivity contribution in [1.82, 2.24) is 0 Å². The third kappa shape index (κ3) is 1.61. The predicted molar refractivity (Wildman–Crippen MR) is 66.7 cm³/mol. The number of hydrogen-bond donors (Lipinski definition) is 1. The molecule has 0 aliphatic carbocycles. The van der Waals surface area contributed by atoms with Crippen molar-refractivity contribution in [2.45, 2.75) is 13.8 Å². The predicted octanol–water partition coefficient (Wildman–Crippen LogP) is 3.89. The Balaban J connectivity index is 2.50. The van der Waals surface area contributed by atoms with E-state index in [-0.39, 0.29) is 0 Å². The van der Waals surface area contributed by atoms with Gasteiger partial charge in [0, 0.05) is 23.0 Å². The first-order chi connectivity index (χ1) is 7.09. The maximum Gasteiger partial charge on any atom is 0.0462 e. The molecule has 0 saturated carbocycles. The highest BCUT2D eigenvalue weighted by Gasteiger charge is 2.14. The lowest BCUT2D eigenvalue weighted by molar-refractivity contribution is 1.36. The Labute approximate surface area is 90.8 Å². The van der Waals surface area contributed by atoms with Crippen molar-refractivity contribution in [2.75, 3.05) is 5.32 Å². The molecule has 0 amide bonds. The summed E-state index contributed by atoms with van der Waals surface area (Å²) in [5.74, 6) is 0. The molecule has 1 N–H and O–H groups in total. The Morgan fingerprint density at radius 3 is 2.73 bits per heavy atom. The van der Waals surface area contributed by atoms with Crippen molar-refractivity contribution in [3.63, 3.8) is 0 Å². The minimum absolute atomic E-state index is 1.04. The summed E-state index contributed by atoms with van der Waals surface area (Å²) in [5.41, 5.74) is 6.74. The minimum atomic E-state index is 1.04. The summed E-state index contributed by atoms with van der Waals surface area (Å²) in [4.78, 5) is 0. The lowest BCUT2D eigenvalue weighted by atomic mass is 9.91. The molecule has 2 rings (SSSR count). The zero-order chi connectivity index (χ0) is 11.0. The van der Waals surface area contributed by atoms with E-state index in [2.05, 4.69) is 43.6 Å². The Hall–Kier alpha value is -1.76. The van der Waals surface area contributed by atoms with Crippen LogP contribution in [0.2, 0.25) is 0 Å². The van der Waals surface area contributed by atoms with E-state index in [1.165, 1.54) is 11.1 Å². The number of allylic oxidation sites excluding steroid dienone is 3. The summed E-state index contributed by atoms with van der Waals surface area (Å²) >= 11 is 0. The molecule has 0 unspecified atom stereocenters. The Morgan fingerprint density at radius 1 is 1.33 bits per heavy atom. The first kappa shape index (κ1) is 9.78. The van der Waals surface area contributed by atoms with Gasteiger partial charge in [0.2, 0.25) is 0 Å². The molecule has 0 saturated heterocycles. The van der Waals surface area contributed by atoms with Gasteiger partial charge in [0.25, 0.3) is 0 Å². The first-order valence-corrected chi connectivity index (χ1v) is 5.02. The second-order valence-electron chi connectivity index (χ2n) is 4.01. The molecule has 0 fully saturated rings. The van der Waals surface area contributed by atoms with Gasteiger partial charge >= 0.3 is 0 Å². The second-order valence-corrected chi connectivity index (χ2v) is 4.01. The van der Waals surface area contributed by atoms with Crippen LogP contribution in [-0.4, -0.2) is 0 Å². The van der Waals surface area contributed by atoms with E-state index >= 15 is 0 Å². The van der Waals surface area contributed by atoms with Gasteiger partial charge in [0.1, 0.15) is 0 Å². The molecule has 0 spiro atoms. The summed E-state index contributed by atoms with van der Waals surface area (Å²) in [6, 6.07) is 6.34. The van der Waals surface area contributed by atoms with E-state index in [0.717, 1.165) is 22.4 Å². The topological polar surface area (TPSA) is 12.0 Å². The van der Waals surface area contributed by atoms with Gasteiger partial charge in [-0.1, -0.05) is 25.3 Å². The highest BCUT2D eigenvalue weighted by molar-refractivity contribution is 5.91. The van der Waals surface area contributed by atoms with Gasteiger partial charge in [-0.3, -0.25) is 0 Å². The quantitative estimate of drug-likeness (QED) is 0.720. The van der Waals surface area contributed by atoms with Gasteiger partial charge in [-0.15, -0.1) is 0 Å². The average molecular weight is 197 g/mol. The first-order valence-electron chi connectivity index (χ1n) is 5.02. The zero-order valence-corrected chi connectivity index (χ0v) is 9.22. The van der Waals surface area contributed by atoms with Gasteiger partial charge < -0.3 is 5.32 Å². The summed E-state index contributed by atoms with van der Waals surface area (Å²) in [5, 5.41) is 3.28. The highest BCUT2D eigenvalue weighted by atomic mass is 14.9. The molecular formula is C14H15N. The molecule has 1 aliphatic heterocycles. The molecule has 1 aromatic carbocycles. The molecule has 0 atom stereocenters. The summed E-state index contributed by atoms with van der Waals surface area (Å²) in [6.45, 7) is 12.2. The van der Waals surface area contributed by atoms with Crippen LogP contribution in [0.1, 0.15) is 18.1 Å². The maximum absolute atomic E-state index is 4.12. The normalized spacial score (nSPS) is 14.0. The van der Waals surface area contributed by atoms with Crippen molar-refractivity contribution in [3.05, 3.63) is 59.8 Å². The molecule has 0 aromatic heterocycles. The third-order valence-electron chi connectivity index (χ3n) is 2.66. The molecule has 1 aromatic rings. The fourth-order valence-corrected chi connectivity index (χ4v) is 1.80. The fraction of sp³-hybridized carbons (Fsp3) is 0.143. The number of nitrogens with one attached hydrogen (secondary N) is 1. The van der Waals surface area contributed by atoms with Crippen LogP contribution in [-0.2, 0) is 0 Å². The van der Waals surface area contributed by atoms with Gasteiger partial charge in [0.15, 0.2) is 0 Å². The van der Waals surface area contributed by atoms with Crippen molar-refractivity contribution < 1.29 is 0 Å². The number of rotatable bonds is 1. The van der Waals surface area contributed by atoms with E-state index in [1.807, 2.05) is 13.1 Å². The van der Waals surface area contributed by atoms with Crippen LogP contribution in [0.15, 0.2) is 48.7 Å². The minimum Gasteiger partial charge on any atom is -0.361 e. The number of benzene rings is 1. The van der Waals surface area contributed by atoms with Crippen LogP contribution in [0.3, 0.4) is 0 Å². The largest absolute Gasteiger partial charge is 0.361 e. The van der Waals surface area contributed by atoms with Crippen LogP contribution < -0.4 is 5.32 Å². The van der Waals surface area contributed by atoms with Crippen LogP contribution >= 0.6 is 0 Å². The van der Waals surface area contributed by atoms with Gasteiger partial charge in [-0.2, -0.15) is 0 Å². The van der Waals surface area contributed by atoms with Gasteiger partial charge in [-0.25, -0.2) is 0 Å². The molecular weight excluding hydrogens is 182 g/mol. The molecule has 1 nitrogen and oxygen atoms in total. The molecule has 0 bridgehead atoms. The van der Waals surface area contributed by atoms with E-state index in [9.17, 15) is 0 Å². The third-order valence-corrected chi connectivity index (χ3v) is 2.66. The summed E-state index contributed by atoms with van der Waals surface area (Å²) in [6.07, 6.45) is 1.98.